The maximum atomic E-state index is 10.7. The van der Waals surface area contributed by atoms with Crippen LogP contribution in [-0.4, -0.2) is 17.6 Å². The fraction of sp³-hybridized carbons (Fsp3) is 0.182. The van der Waals surface area contributed by atoms with Gasteiger partial charge in [-0.1, -0.05) is 6.07 Å². The Morgan fingerprint density at radius 1 is 1.43 bits per heavy atom. The largest absolute Gasteiger partial charge is 0.493 e. The van der Waals surface area contributed by atoms with E-state index < -0.39 is 0 Å². The Balaban J connectivity index is 2.63. The number of nitrogens with zero attached hydrogens (tertiary/aromatic N) is 1. The van der Waals surface area contributed by atoms with Crippen LogP contribution < -0.4 is 4.74 Å². The lowest BCUT2D eigenvalue weighted by Gasteiger charge is -2.04. The van der Waals surface area contributed by atoms with Crippen molar-refractivity contribution in [3.8, 4) is 5.75 Å². The molecule has 0 unspecified atom stereocenters. The lowest BCUT2D eigenvalue weighted by atomic mass is 10.2. The second kappa shape index (κ2) is 3.54. The van der Waals surface area contributed by atoms with Crippen LogP contribution in [0.1, 0.15) is 6.92 Å². The van der Waals surface area contributed by atoms with Crippen molar-refractivity contribution in [3.05, 3.63) is 30.5 Å². The zero-order chi connectivity index (χ0) is 9.97. The molecule has 72 valence electrons. The van der Waals surface area contributed by atoms with Gasteiger partial charge in [-0.05, 0) is 25.1 Å². The predicted octanol–water partition coefficient (Wildman–Crippen LogP) is 2.08. The number of ether oxygens (including phenoxy) is 1. The van der Waals surface area contributed by atoms with Gasteiger partial charge < -0.3 is 4.74 Å². The second-order valence-corrected chi connectivity index (χ2v) is 2.95. The molecule has 2 aromatic rings. The van der Waals surface area contributed by atoms with Gasteiger partial charge >= 0.3 is 0 Å². The molecule has 0 radical (unpaired) electrons. The molecule has 0 saturated carbocycles. The van der Waals surface area contributed by atoms with E-state index in [4.69, 9.17) is 4.74 Å². The van der Waals surface area contributed by atoms with Crippen LogP contribution in [0.3, 0.4) is 0 Å². The fourth-order valence-electron chi connectivity index (χ4n) is 1.53. The Hall–Kier alpha value is -1.77. The first-order valence-corrected chi connectivity index (χ1v) is 4.54. The van der Waals surface area contributed by atoms with Gasteiger partial charge in [-0.15, -0.1) is 0 Å². The lowest BCUT2D eigenvalue weighted by Crippen LogP contribution is -1.93. The molecule has 0 aliphatic carbocycles. The zero-order valence-electron chi connectivity index (χ0n) is 7.93. The van der Waals surface area contributed by atoms with Crippen LogP contribution >= 0.6 is 0 Å². The smallest absolute Gasteiger partial charge is 0.218 e. The van der Waals surface area contributed by atoms with E-state index in [0.717, 1.165) is 23.1 Å². The summed E-state index contributed by atoms with van der Waals surface area (Å²) in [5, 5.41) is 0.974. The molecule has 0 spiro atoms. The van der Waals surface area contributed by atoms with Gasteiger partial charge in [0.1, 0.15) is 5.75 Å². The Bertz CT molecular complexity index is 459. The number of hydrogen-bond acceptors (Lipinski definition) is 2. The molecular weight excluding hydrogens is 178 g/mol. The Morgan fingerprint density at radius 3 is 3.00 bits per heavy atom. The maximum Gasteiger partial charge on any atom is 0.218 e. The number of fused-ring (bicyclic) bond motifs is 1. The number of carbonyl (C=O) groups is 1. The molecular formula is C11H11NO2. The van der Waals surface area contributed by atoms with Crippen molar-refractivity contribution < 1.29 is 9.53 Å². The summed E-state index contributed by atoms with van der Waals surface area (Å²) >= 11 is 0. The quantitative estimate of drug-likeness (QED) is 0.692. The monoisotopic (exact) mass is 189 g/mol. The van der Waals surface area contributed by atoms with Crippen LogP contribution in [-0.2, 0) is 4.79 Å². The van der Waals surface area contributed by atoms with Crippen molar-refractivity contribution in [1.82, 2.24) is 4.57 Å². The fourth-order valence-corrected chi connectivity index (χ4v) is 1.53. The molecule has 0 amide bonds. The standard InChI is InChI=1S/C11H11NO2/c1-2-14-11-5-3-4-10-9(11)6-7-12(10)8-13/h3-8H,2H2,1H3. The Kier molecular flexibility index (Phi) is 2.23. The molecule has 0 atom stereocenters. The number of aromatic nitrogens is 1. The van der Waals surface area contributed by atoms with Gasteiger partial charge in [0.05, 0.1) is 12.1 Å². The topological polar surface area (TPSA) is 31.2 Å². The second-order valence-electron chi connectivity index (χ2n) is 2.95. The van der Waals surface area contributed by atoms with Crippen LogP contribution in [0.4, 0.5) is 0 Å². The average molecular weight is 189 g/mol. The lowest BCUT2D eigenvalue weighted by molar-refractivity contribution is 0.344. The predicted molar refractivity (Wildman–Crippen MR) is 55.3 cm³/mol. The normalized spacial score (nSPS) is 10.4. The highest BCUT2D eigenvalue weighted by Gasteiger charge is 2.04. The molecule has 0 N–H and O–H groups in total. The first kappa shape index (κ1) is 8.81. The molecule has 3 heteroatoms. The SMILES string of the molecule is CCOc1cccc2c1ccn2C=O. The third-order valence-corrected chi connectivity index (χ3v) is 2.14. The highest BCUT2D eigenvalue weighted by atomic mass is 16.5. The van der Waals surface area contributed by atoms with Gasteiger partial charge in [0, 0.05) is 11.6 Å². The van der Waals surface area contributed by atoms with Gasteiger partial charge in [0.25, 0.3) is 0 Å². The maximum absolute atomic E-state index is 10.7. The molecule has 0 aliphatic rings. The van der Waals surface area contributed by atoms with Crippen LogP contribution in [0.25, 0.3) is 10.9 Å². The van der Waals surface area contributed by atoms with E-state index in [-0.39, 0.29) is 0 Å². The minimum Gasteiger partial charge on any atom is -0.493 e. The number of hydrogen-bond donors (Lipinski definition) is 0. The first-order valence-electron chi connectivity index (χ1n) is 4.54. The number of carbonyl (C=O) groups excluding carboxylic acids is 1. The highest BCUT2D eigenvalue weighted by Crippen LogP contribution is 2.25. The van der Waals surface area contributed by atoms with Gasteiger partial charge in [-0.25, -0.2) is 0 Å². The van der Waals surface area contributed by atoms with Gasteiger partial charge in [-0.2, -0.15) is 0 Å². The van der Waals surface area contributed by atoms with Crippen molar-refractivity contribution >= 4 is 17.3 Å². The number of rotatable bonds is 3. The number of benzene rings is 1. The van der Waals surface area contributed by atoms with E-state index in [0.29, 0.717) is 6.61 Å². The molecule has 14 heavy (non-hydrogen) atoms. The summed E-state index contributed by atoms with van der Waals surface area (Å²) in [6.45, 7) is 2.57. The van der Waals surface area contributed by atoms with E-state index in [1.807, 2.05) is 31.2 Å². The highest BCUT2D eigenvalue weighted by molar-refractivity contribution is 5.90. The summed E-state index contributed by atoms with van der Waals surface area (Å²) in [5.41, 5.74) is 0.881. The minimum atomic E-state index is 0.630. The summed E-state index contributed by atoms with van der Waals surface area (Å²) in [7, 11) is 0. The Morgan fingerprint density at radius 2 is 2.29 bits per heavy atom. The van der Waals surface area contributed by atoms with Crippen molar-refractivity contribution in [2.45, 2.75) is 6.92 Å². The van der Waals surface area contributed by atoms with Crippen LogP contribution in [0.2, 0.25) is 0 Å². The van der Waals surface area contributed by atoms with Gasteiger partial charge in [0.15, 0.2) is 0 Å². The molecule has 1 aromatic heterocycles. The molecule has 0 aliphatic heterocycles. The molecule has 0 fully saturated rings. The van der Waals surface area contributed by atoms with E-state index >= 15 is 0 Å². The molecule has 0 saturated heterocycles. The summed E-state index contributed by atoms with van der Waals surface area (Å²) in [5.74, 6) is 0.825. The Labute approximate surface area is 81.9 Å². The average Bonchev–Trinajstić information content (AvgIpc) is 2.62. The van der Waals surface area contributed by atoms with Crippen molar-refractivity contribution in [3.63, 3.8) is 0 Å². The third-order valence-electron chi connectivity index (χ3n) is 2.14. The first-order chi connectivity index (χ1) is 6.86. The molecule has 3 nitrogen and oxygen atoms in total. The van der Waals surface area contributed by atoms with Crippen molar-refractivity contribution in [2.75, 3.05) is 6.61 Å². The summed E-state index contributed by atoms with van der Waals surface area (Å²) in [4.78, 5) is 10.7. The van der Waals surface area contributed by atoms with Crippen LogP contribution in [0.15, 0.2) is 30.5 Å². The van der Waals surface area contributed by atoms with Crippen molar-refractivity contribution in [1.29, 1.82) is 0 Å². The van der Waals surface area contributed by atoms with Gasteiger partial charge in [0.2, 0.25) is 6.41 Å². The van der Waals surface area contributed by atoms with E-state index in [1.165, 1.54) is 4.57 Å². The van der Waals surface area contributed by atoms with E-state index in [2.05, 4.69) is 0 Å². The summed E-state index contributed by atoms with van der Waals surface area (Å²) in [6, 6.07) is 7.56. The van der Waals surface area contributed by atoms with Gasteiger partial charge in [-0.3, -0.25) is 9.36 Å². The molecule has 1 aromatic carbocycles. The zero-order valence-corrected chi connectivity index (χ0v) is 7.93. The molecule has 1 heterocycles. The van der Waals surface area contributed by atoms with E-state index in [9.17, 15) is 4.79 Å². The molecule has 2 rings (SSSR count). The minimum absolute atomic E-state index is 0.630. The summed E-state index contributed by atoms with van der Waals surface area (Å²) < 4.78 is 6.99. The van der Waals surface area contributed by atoms with Crippen molar-refractivity contribution in [2.24, 2.45) is 0 Å². The molecule has 0 bridgehead atoms. The summed E-state index contributed by atoms with van der Waals surface area (Å²) in [6.07, 6.45) is 2.53. The van der Waals surface area contributed by atoms with E-state index in [1.54, 1.807) is 6.20 Å². The van der Waals surface area contributed by atoms with Crippen LogP contribution in [0.5, 0.6) is 5.75 Å². The third kappa shape index (κ3) is 1.27. The van der Waals surface area contributed by atoms with Crippen LogP contribution in [0, 0.1) is 0 Å².